The van der Waals surface area contributed by atoms with E-state index in [2.05, 4.69) is 0 Å². The Kier molecular flexibility index (Phi) is 5.04. The average Bonchev–Trinajstić information content (AvgIpc) is 2.82. The Morgan fingerprint density at radius 3 is 1.50 bits per heavy atom. The molecular weight excluding hydrogens is 464 g/mol. The van der Waals surface area contributed by atoms with Gasteiger partial charge in [-0.05, 0) is 45.8 Å². The standard InChI is InChI=1S/C26H10F8/c27-11-5-7-15-17(9-11)19(16-8-6-12(28)10-18(16)29)13-3-1-2-4-14(13)20(15)21-22(30)24(32)26(34)25(33)23(21)31/h1-10H. The van der Waals surface area contributed by atoms with Crippen molar-refractivity contribution in [2.24, 2.45) is 0 Å². The largest absolute Gasteiger partial charge is 0.207 e. The smallest absolute Gasteiger partial charge is 0.200 e. The fourth-order valence-electron chi connectivity index (χ4n) is 4.23. The van der Waals surface area contributed by atoms with Gasteiger partial charge in [-0.3, -0.25) is 0 Å². The van der Waals surface area contributed by atoms with Crippen LogP contribution in [0.15, 0.2) is 60.7 Å². The van der Waals surface area contributed by atoms with Crippen molar-refractivity contribution < 1.29 is 35.1 Å². The van der Waals surface area contributed by atoms with E-state index in [1.807, 2.05) is 0 Å². The molecule has 0 N–H and O–H groups in total. The van der Waals surface area contributed by atoms with Gasteiger partial charge >= 0.3 is 0 Å². The van der Waals surface area contributed by atoms with Crippen molar-refractivity contribution in [2.45, 2.75) is 0 Å². The molecule has 5 aromatic rings. The molecular formula is C26H10F8. The minimum atomic E-state index is -2.32. The van der Waals surface area contributed by atoms with E-state index in [0.717, 1.165) is 30.3 Å². The Morgan fingerprint density at radius 1 is 0.382 bits per heavy atom. The average molecular weight is 474 g/mol. The second-order valence-corrected chi connectivity index (χ2v) is 7.55. The highest BCUT2D eigenvalue weighted by molar-refractivity contribution is 6.21. The number of halogens is 8. The lowest BCUT2D eigenvalue weighted by Crippen LogP contribution is -2.05. The number of hydrogen-bond donors (Lipinski definition) is 0. The fraction of sp³-hybridized carbons (Fsp3) is 0. The molecule has 0 bridgehead atoms. The Bertz CT molecular complexity index is 1610. The zero-order valence-electron chi connectivity index (χ0n) is 16.8. The Morgan fingerprint density at radius 2 is 0.882 bits per heavy atom. The van der Waals surface area contributed by atoms with Crippen LogP contribution in [-0.2, 0) is 0 Å². The minimum Gasteiger partial charge on any atom is -0.207 e. The Hall–Kier alpha value is -3.94. The van der Waals surface area contributed by atoms with Crippen LogP contribution in [0.25, 0.3) is 43.8 Å². The van der Waals surface area contributed by atoms with E-state index in [-0.39, 0.29) is 38.2 Å². The SMILES string of the molecule is Fc1ccc(-c2c3ccccc3c(-c3c(F)c(F)c(F)c(F)c3F)c3ccc(F)cc23)c(F)c1. The molecule has 170 valence electrons. The second-order valence-electron chi connectivity index (χ2n) is 7.55. The van der Waals surface area contributed by atoms with Gasteiger partial charge in [-0.1, -0.05) is 30.3 Å². The van der Waals surface area contributed by atoms with E-state index >= 15 is 0 Å². The molecule has 8 heteroatoms. The van der Waals surface area contributed by atoms with Crippen LogP contribution in [0.4, 0.5) is 35.1 Å². The van der Waals surface area contributed by atoms with Gasteiger partial charge in [-0.2, -0.15) is 0 Å². The van der Waals surface area contributed by atoms with Crippen molar-refractivity contribution >= 4 is 21.5 Å². The molecule has 5 rings (SSSR count). The van der Waals surface area contributed by atoms with Gasteiger partial charge in [0.25, 0.3) is 0 Å². The van der Waals surface area contributed by atoms with Gasteiger partial charge in [0.15, 0.2) is 23.3 Å². The molecule has 0 saturated carbocycles. The summed E-state index contributed by atoms with van der Waals surface area (Å²) in [6, 6.07) is 11.5. The molecule has 0 radical (unpaired) electrons. The van der Waals surface area contributed by atoms with Crippen LogP contribution >= 0.6 is 0 Å². The number of rotatable bonds is 2. The first-order chi connectivity index (χ1) is 16.2. The molecule has 5 aromatic carbocycles. The normalized spacial score (nSPS) is 11.5. The third kappa shape index (κ3) is 3.13. The molecule has 0 saturated heterocycles. The van der Waals surface area contributed by atoms with Crippen LogP contribution in [-0.4, -0.2) is 0 Å². The summed E-state index contributed by atoms with van der Waals surface area (Å²) in [6.07, 6.45) is 0. The first kappa shape index (κ1) is 21.9. The predicted molar refractivity (Wildman–Crippen MR) is 112 cm³/mol. The molecule has 0 aliphatic heterocycles. The van der Waals surface area contributed by atoms with Gasteiger partial charge in [0.05, 0.1) is 5.56 Å². The molecule has 34 heavy (non-hydrogen) atoms. The Labute approximate surface area is 186 Å². The van der Waals surface area contributed by atoms with Crippen LogP contribution < -0.4 is 0 Å². The molecule has 0 unspecified atom stereocenters. The summed E-state index contributed by atoms with van der Waals surface area (Å²) < 4.78 is 114. The van der Waals surface area contributed by atoms with Crippen molar-refractivity contribution in [3.8, 4) is 22.3 Å². The monoisotopic (exact) mass is 474 g/mol. The molecule has 0 aliphatic rings. The minimum absolute atomic E-state index is 0.0172. The van der Waals surface area contributed by atoms with Crippen LogP contribution in [0.3, 0.4) is 0 Å². The molecule has 0 amide bonds. The second kappa shape index (κ2) is 7.83. The topological polar surface area (TPSA) is 0 Å². The van der Waals surface area contributed by atoms with Gasteiger partial charge in [0.1, 0.15) is 17.5 Å². The van der Waals surface area contributed by atoms with Gasteiger partial charge in [-0.25, -0.2) is 35.1 Å². The summed E-state index contributed by atoms with van der Waals surface area (Å²) in [4.78, 5) is 0. The van der Waals surface area contributed by atoms with Crippen LogP contribution in [0.2, 0.25) is 0 Å². The third-order valence-electron chi connectivity index (χ3n) is 5.65. The number of benzene rings is 5. The molecule has 0 atom stereocenters. The quantitative estimate of drug-likeness (QED) is 0.104. The van der Waals surface area contributed by atoms with Crippen molar-refractivity contribution in [3.63, 3.8) is 0 Å². The number of hydrogen-bond acceptors (Lipinski definition) is 0. The van der Waals surface area contributed by atoms with E-state index in [0.29, 0.717) is 6.07 Å². The van der Waals surface area contributed by atoms with E-state index in [4.69, 9.17) is 0 Å². The molecule has 0 heterocycles. The summed E-state index contributed by atoms with van der Waals surface area (Å²) in [5.74, 6) is -13.4. The summed E-state index contributed by atoms with van der Waals surface area (Å²) >= 11 is 0. The zero-order chi connectivity index (χ0) is 24.3. The lowest BCUT2D eigenvalue weighted by molar-refractivity contribution is 0.381. The fourth-order valence-corrected chi connectivity index (χ4v) is 4.23. The molecule has 0 aromatic heterocycles. The first-order valence-corrected chi connectivity index (χ1v) is 9.82. The number of fused-ring (bicyclic) bond motifs is 2. The van der Waals surface area contributed by atoms with Gasteiger partial charge in [0, 0.05) is 22.8 Å². The van der Waals surface area contributed by atoms with Crippen molar-refractivity contribution in [1.82, 2.24) is 0 Å². The highest BCUT2D eigenvalue weighted by atomic mass is 19.2. The molecule has 0 spiro atoms. The summed E-state index contributed by atoms with van der Waals surface area (Å²) in [6.45, 7) is 0. The summed E-state index contributed by atoms with van der Waals surface area (Å²) in [5, 5.41) is -0.0150. The molecule has 0 aliphatic carbocycles. The summed E-state index contributed by atoms with van der Waals surface area (Å²) in [7, 11) is 0. The van der Waals surface area contributed by atoms with Crippen LogP contribution in [0.1, 0.15) is 0 Å². The lowest BCUT2D eigenvalue weighted by Gasteiger charge is -2.19. The lowest BCUT2D eigenvalue weighted by atomic mass is 9.85. The van der Waals surface area contributed by atoms with Gasteiger partial charge in [0.2, 0.25) is 5.82 Å². The van der Waals surface area contributed by atoms with Crippen molar-refractivity contribution in [3.05, 3.63) is 107 Å². The van der Waals surface area contributed by atoms with Gasteiger partial charge in [-0.15, -0.1) is 0 Å². The van der Waals surface area contributed by atoms with Crippen molar-refractivity contribution in [2.75, 3.05) is 0 Å². The summed E-state index contributed by atoms with van der Waals surface area (Å²) in [5.41, 5.74) is -1.66. The Balaban J connectivity index is 2.06. The highest BCUT2D eigenvalue weighted by Crippen LogP contribution is 2.46. The predicted octanol–water partition coefficient (Wildman–Crippen LogP) is 8.44. The highest BCUT2D eigenvalue weighted by Gasteiger charge is 2.30. The third-order valence-corrected chi connectivity index (χ3v) is 5.65. The van der Waals surface area contributed by atoms with E-state index < -0.39 is 52.1 Å². The van der Waals surface area contributed by atoms with Crippen LogP contribution in [0, 0.1) is 46.5 Å². The molecule has 0 fully saturated rings. The zero-order valence-corrected chi connectivity index (χ0v) is 16.8. The van der Waals surface area contributed by atoms with Gasteiger partial charge < -0.3 is 0 Å². The van der Waals surface area contributed by atoms with Crippen molar-refractivity contribution in [1.29, 1.82) is 0 Å². The molecule has 0 nitrogen and oxygen atoms in total. The van der Waals surface area contributed by atoms with E-state index in [1.54, 1.807) is 0 Å². The van der Waals surface area contributed by atoms with Crippen LogP contribution in [0.5, 0.6) is 0 Å². The van der Waals surface area contributed by atoms with E-state index in [1.165, 1.54) is 24.3 Å². The first-order valence-electron chi connectivity index (χ1n) is 9.82. The maximum atomic E-state index is 14.9. The van der Waals surface area contributed by atoms with E-state index in [9.17, 15) is 35.1 Å². The maximum absolute atomic E-state index is 14.9. The maximum Gasteiger partial charge on any atom is 0.200 e.